The predicted octanol–water partition coefficient (Wildman–Crippen LogP) is -11.5. The van der Waals surface area contributed by atoms with Gasteiger partial charge in [-0.1, -0.05) is 11.2 Å². The van der Waals surface area contributed by atoms with Crippen molar-refractivity contribution in [3.05, 3.63) is 62.6 Å². The SMILES string of the molecule is Cc1ccc2c(Cn3c(=O)ccn([C@@H]4O[C@H](COP(=O)([O-])OP(=O)([O-])[O-])C(O)[C@@H]4O)c3=O)noc2c1.[Na+].[Na+].[Na+]. The first kappa shape index (κ1) is 37.5. The number of phosphoric ester groups is 1. The molecule has 0 spiro atoms. The molecule has 39 heavy (non-hydrogen) atoms. The van der Waals surface area contributed by atoms with Crippen molar-refractivity contribution in [2.45, 2.75) is 38.0 Å². The number of aryl methyl sites for hydroxylation is 1. The van der Waals surface area contributed by atoms with Gasteiger partial charge >= 0.3 is 94.4 Å². The van der Waals surface area contributed by atoms with E-state index in [4.69, 9.17) is 9.26 Å². The van der Waals surface area contributed by atoms with Gasteiger partial charge < -0.3 is 43.2 Å². The molecule has 1 aliphatic rings. The molecule has 16 nitrogen and oxygen atoms in total. The van der Waals surface area contributed by atoms with E-state index < -0.39 is 58.0 Å². The third-order valence-corrected chi connectivity index (χ3v) is 7.38. The van der Waals surface area contributed by atoms with Crippen LogP contribution in [-0.2, 0) is 29.2 Å². The normalized spacial score (nSPS) is 22.4. The molecule has 4 rings (SSSR count). The zero-order chi connectivity index (χ0) is 26.4. The number of aromatic nitrogens is 3. The van der Waals surface area contributed by atoms with Crippen LogP contribution in [0, 0.1) is 6.92 Å². The van der Waals surface area contributed by atoms with Crippen LogP contribution in [-0.4, -0.2) is 49.4 Å². The average Bonchev–Trinajstić information content (AvgIpc) is 3.28. The van der Waals surface area contributed by atoms with Crippen LogP contribution in [0.25, 0.3) is 11.0 Å². The minimum Gasteiger partial charge on any atom is -0.790 e. The van der Waals surface area contributed by atoms with Crippen molar-refractivity contribution in [2.24, 2.45) is 0 Å². The minimum absolute atomic E-state index is 0. The first-order valence-corrected chi connectivity index (χ1v) is 13.1. The van der Waals surface area contributed by atoms with Crippen LogP contribution >= 0.6 is 15.6 Å². The molecule has 0 aliphatic carbocycles. The van der Waals surface area contributed by atoms with Crippen molar-refractivity contribution >= 4 is 26.6 Å². The molecule has 1 aromatic carbocycles. The summed E-state index contributed by atoms with van der Waals surface area (Å²) in [6.07, 6.45) is -5.79. The van der Waals surface area contributed by atoms with Crippen molar-refractivity contribution in [1.82, 2.24) is 14.3 Å². The van der Waals surface area contributed by atoms with Gasteiger partial charge in [0, 0.05) is 17.6 Å². The van der Waals surface area contributed by atoms with Crippen LogP contribution in [0.15, 0.2) is 44.6 Å². The number of fused-ring (bicyclic) bond motifs is 1. The number of nitrogens with zero attached hydrogens (tertiary/aromatic N) is 3. The molecule has 5 atom stereocenters. The van der Waals surface area contributed by atoms with Gasteiger partial charge in [-0.2, -0.15) is 0 Å². The van der Waals surface area contributed by atoms with Crippen molar-refractivity contribution in [2.75, 3.05) is 6.61 Å². The predicted molar refractivity (Wildman–Crippen MR) is 111 cm³/mol. The summed E-state index contributed by atoms with van der Waals surface area (Å²) in [6.45, 7) is 0.485. The van der Waals surface area contributed by atoms with Crippen molar-refractivity contribution in [3.8, 4) is 0 Å². The molecule has 1 saturated heterocycles. The summed E-state index contributed by atoms with van der Waals surface area (Å²) in [7, 11) is -11.6. The van der Waals surface area contributed by atoms with E-state index in [1.807, 2.05) is 6.92 Å². The maximum absolute atomic E-state index is 13.1. The Morgan fingerprint density at radius 1 is 1.08 bits per heavy atom. The quantitative estimate of drug-likeness (QED) is 0.177. The molecule has 21 heteroatoms. The molecule has 0 saturated carbocycles. The summed E-state index contributed by atoms with van der Waals surface area (Å²) in [6, 6.07) is 6.23. The third-order valence-electron chi connectivity index (χ3n) is 5.31. The first-order chi connectivity index (χ1) is 16.8. The number of aliphatic hydroxyl groups excluding tert-OH is 2. The Labute approximate surface area is 286 Å². The van der Waals surface area contributed by atoms with Crippen LogP contribution in [0.5, 0.6) is 0 Å². The topological polar surface area (TPSA) is 241 Å². The number of hydrogen-bond donors (Lipinski definition) is 2. The van der Waals surface area contributed by atoms with Crippen molar-refractivity contribution in [1.29, 1.82) is 0 Å². The van der Waals surface area contributed by atoms with Gasteiger partial charge in [0.2, 0.25) is 0 Å². The molecule has 2 aromatic heterocycles. The second-order valence-electron chi connectivity index (χ2n) is 7.88. The van der Waals surface area contributed by atoms with Crippen LogP contribution < -0.4 is 115 Å². The van der Waals surface area contributed by atoms with Gasteiger partial charge in [-0.3, -0.25) is 22.8 Å². The van der Waals surface area contributed by atoms with Crippen molar-refractivity contribution in [3.63, 3.8) is 0 Å². The van der Waals surface area contributed by atoms with Crippen molar-refractivity contribution < 1.29 is 141 Å². The minimum atomic E-state index is -5.94. The standard InChI is InChI=1S/C18H21N3O13P2.3Na/c1-9-2-3-10-11(19-33-12(10)6-9)7-21-14(22)4-5-20(18(21)25)17-16(24)15(23)13(32-17)8-31-36(29,30)34-35(26,27)28;;;/h2-6,13,15-17,23-24H,7-8H2,1H3,(H,29,30)(H2,26,27,28);;;/q;3*+1/p-3/t13-,15?,16+,17-;;;/m1.../s1. The summed E-state index contributed by atoms with van der Waals surface area (Å²) < 4.78 is 41.6. The molecule has 3 aromatic rings. The number of rotatable bonds is 8. The maximum Gasteiger partial charge on any atom is 1.00 e. The Morgan fingerprint density at radius 3 is 2.38 bits per heavy atom. The van der Waals surface area contributed by atoms with Crippen LogP contribution in [0.4, 0.5) is 0 Å². The molecular weight excluding hydrogens is 597 g/mol. The summed E-state index contributed by atoms with van der Waals surface area (Å²) in [5.74, 6) is 0. The van der Waals surface area contributed by atoms with Gasteiger partial charge in [0.05, 0.1) is 21.0 Å². The number of ether oxygens (including phenoxy) is 1. The molecule has 196 valence electrons. The van der Waals surface area contributed by atoms with Gasteiger partial charge in [0.15, 0.2) is 11.8 Å². The largest absolute Gasteiger partial charge is 1.00 e. The van der Waals surface area contributed by atoms with E-state index in [2.05, 4.69) is 14.0 Å². The van der Waals surface area contributed by atoms with E-state index in [0.717, 1.165) is 27.0 Å². The summed E-state index contributed by atoms with van der Waals surface area (Å²) >= 11 is 0. The van der Waals surface area contributed by atoms with Gasteiger partial charge in [0.25, 0.3) is 13.4 Å². The third kappa shape index (κ3) is 9.00. The van der Waals surface area contributed by atoms with Crippen LogP contribution in [0.1, 0.15) is 17.5 Å². The Kier molecular flexibility index (Phi) is 14.2. The zero-order valence-corrected chi connectivity index (χ0v) is 29.0. The summed E-state index contributed by atoms with van der Waals surface area (Å²) in [5.41, 5.74) is -0.0402. The molecule has 1 fully saturated rings. The Bertz CT molecular complexity index is 1510. The molecule has 3 heterocycles. The monoisotopic (exact) mass is 615 g/mol. The summed E-state index contributed by atoms with van der Waals surface area (Å²) in [5, 5.41) is 25.1. The molecule has 2 unspecified atom stereocenters. The van der Waals surface area contributed by atoms with Gasteiger partial charge in [-0.15, -0.1) is 0 Å². The van der Waals surface area contributed by atoms with E-state index in [9.17, 15) is 43.6 Å². The second-order valence-corrected chi connectivity index (χ2v) is 10.6. The zero-order valence-electron chi connectivity index (χ0n) is 21.2. The number of hydrogen-bond acceptors (Lipinski definition) is 14. The Balaban J connectivity index is 0.00000253. The fourth-order valence-corrected chi connectivity index (χ4v) is 5.14. The van der Waals surface area contributed by atoms with Crippen LogP contribution in [0.2, 0.25) is 0 Å². The molecule has 0 radical (unpaired) electrons. The average molecular weight is 615 g/mol. The molecule has 2 N–H and O–H groups in total. The molecule has 1 aliphatic heterocycles. The van der Waals surface area contributed by atoms with E-state index in [1.54, 1.807) is 18.2 Å². The number of aliphatic hydroxyl groups is 2. The van der Waals surface area contributed by atoms with Gasteiger partial charge in [0.1, 0.15) is 24.0 Å². The van der Waals surface area contributed by atoms with Gasteiger partial charge in [-0.05, 0) is 24.6 Å². The Hall–Kier alpha value is 0.510. The molecule has 0 amide bonds. The van der Waals surface area contributed by atoms with Crippen LogP contribution in [0.3, 0.4) is 0 Å². The first-order valence-electron chi connectivity index (χ1n) is 10.1. The fraction of sp³-hybridized carbons (Fsp3) is 0.389. The second kappa shape index (κ2) is 14.8. The smallest absolute Gasteiger partial charge is 0.790 e. The number of benzene rings is 1. The van der Waals surface area contributed by atoms with Gasteiger partial charge in [-0.25, -0.2) is 4.79 Å². The molecular formula is C18H18N3Na3O13P2. The molecule has 0 bridgehead atoms. The Morgan fingerprint density at radius 2 is 1.74 bits per heavy atom. The van der Waals surface area contributed by atoms with E-state index in [1.165, 1.54) is 0 Å². The fourth-order valence-electron chi connectivity index (χ4n) is 3.64. The van der Waals surface area contributed by atoms with E-state index >= 15 is 0 Å². The van der Waals surface area contributed by atoms with E-state index in [0.29, 0.717) is 11.0 Å². The maximum atomic E-state index is 13.1. The van der Waals surface area contributed by atoms with E-state index in [-0.39, 0.29) is 101 Å². The number of phosphoric acid groups is 2. The summed E-state index contributed by atoms with van der Waals surface area (Å²) in [4.78, 5) is 57.9.